The molecule has 188 valence electrons. The molecule has 36 heavy (non-hydrogen) atoms. The lowest BCUT2D eigenvalue weighted by atomic mass is 9.82. The van der Waals surface area contributed by atoms with Crippen LogP contribution in [0.25, 0.3) is 10.8 Å². The maximum atomic E-state index is 13.2. The van der Waals surface area contributed by atoms with Crippen molar-refractivity contribution < 1.29 is 19.4 Å². The van der Waals surface area contributed by atoms with Gasteiger partial charge in [0.15, 0.2) is 0 Å². The highest BCUT2D eigenvalue weighted by atomic mass is 16.5. The Morgan fingerprint density at radius 3 is 2.53 bits per heavy atom. The maximum Gasteiger partial charge on any atom is 0.222 e. The van der Waals surface area contributed by atoms with Crippen LogP contribution in [-0.4, -0.2) is 52.5 Å². The molecule has 2 aromatic carbocycles. The number of hydrogen-bond acceptors (Lipinski definition) is 5. The van der Waals surface area contributed by atoms with Crippen molar-refractivity contribution in [1.29, 1.82) is 0 Å². The van der Waals surface area contributed by atoms with Gasteiger partial charge in [-0.2, -0.15) is 0 Å². The van der Waals surface area contributed by atoms with E-state index in [0.29, 0.717) is 58.0 Å². The molecule has 2 saturated heterocycles. The molecule has 0 saturated carbocycles. The Morgan fingerprint density at radius 1 is 1.08 bits per heavy atom. The molecule has 2 aliphatic rings. The highest BCUT2D eigenvalue weighted by Gasteiger charge is 2.40. The van der Waals surface area contributed by atoms with Gasteiger partial charge in [-0.15, -0.1) is 0 Å². The highest BCUT2D eigenvalue weighted by Crippen LogP contribution is 2.36. The molecule has 2 amide bonds. The average molecular weight is 488 g/mol. The molecule has 0 aliphatic carbocycles. The SMILES string of the molecule is COc1ccc(CC2(CCC(=O)N3CCC(O)(c4cccnc4)CC3)CCC(=O)N2)c2ccccc12. The molecule has 2 aliphatic heterocycles. The van der Waals surface area contributed by atoms with E-state index in [0.717, 1.165) is 27.6 Å². The van der Waals surface area contributed by atoms with E-state index in [1.54, 1.807) is 19.5 Å². The van der Waals surface area contributed by atoms with Crippen LogP contribution >= 0.6 is 0 Å². The third-order valence-electron chi connectivity index (χ3n) is 7.92. The number of aliphatic hydroxyl groups is 1. The summed E-state index contributed by atoms with van der Waals surface area (Å²) in [6, 6.07) is 15.9. The van der Waals surface area contributed by atoms with Crippen LogP contribution in [0.15, 0.2) is 60.9 Å². The summed E-state index contributed by atoms with van der Waals surface area (Å²) >= 11 is 0. The maximum absolute atomic E-state index is 13.2. The Labute approximate surface area is 211 Å². The Morgan fingerprint density at radius 2 is 1.86 bits per heavy atom. The van der Waals surface area contributed by atoms with Crippen molar-refractivity contribution >= 4 is 22.6 Å². The third-order valence-corrected chi connectivity index (χ3v) is 7.92. The summed E-state index contributed by atoms with van der Waals surface area (Å²) in [5.74, 6) is 0.938. The number of hydrogen-bond donors (Lipinski definition) is 2. The molecular formula is C29H33N3O4. The number of carbonyl (C=O) groups excluding carboxylic acids is 2. The van der Waals surface area contributed by atoms with Crippen molar-refractivity contribution in [2.45, 2.75) is 56.1 Å². The number of nitrogens with zero attached hydrogens (tertiary/aromatic N) is 2. The fourth-order valence-electron chi connectivity index (χ4n) is 5.77. The number of benzene rings is 2. The van der Waals surface area contributed by atoms with E-state index in [-0.39, 0.29) is 11.8 Å². The van der Waals surface area contributed by atoms with Crippen LogP contribution in [0.2, 0.25) is 0 Å². The highest BCUT2D eigenvalue weighted by molar-refractivity contribution is 5.91. The second kappa shape index (κ2) is 9.90. The Kier molecular flexibility index (Phi) is 6.67. The van der Waals surface area contributed by atoms with E-state index in [1.807, 2.05) is 41.3 Å². The number of fused-ring (bicyclic) bond motifs is 1. The predicted molar refractivity (Wildman–Crippen MR) is 137 cm³/mol. The largest absolute Gasteiger partial charge is 0.496 e. The molecule has 7 nitrogen and oxygen atoms in total. The molecule has 3 heterocycles. The lowest BCUT2D eigenvalue weighted by Crippen LogP contribution is -2.47. The second-order valence-electron chi connectivity index (χ2n) is 10.1. The first kappa shape index (κ1) is 24.3. The number of methoxy groups -OCH3 is 1. The van der Waals surface area contributed by atoms with Crippen LogP contribution in [0.4, 0.5) is 0 Å². The van der Waals surface area contributed by atoms with Crippen molar-refractivity contribution in [2.75, 3.05) is 20.2 Å². The molecule has 7 heteroatoms. The zero-order valence-corrected chi connectivity index (χ0v) is 20.7. The summed E-state index contributed by atoms with van der Waals surface area (Å²) in [6.07, 6.45) is 7.17. The van der Waals surface area contributed by atoms with Crippen molar-refractivity contribution in [2.24, 2.45) is 0 Å². The van der Waals surface area contributed by atoms with Crippen molar-refractivity contribution in [3.05, 3.63) is 72.1 Å². The van der Waals surface area contributed by atoms with E-state index >= 15 is 0 Å². The van der Waals surface area contributed by atoms with Crippen LogP contribution in [0.3, 0.4) is 0 Å². The molecule has 2 fully saturated rings. The first-order chi connectivity index (χ1) is 17.4. The Bertz CT molecular complexity index is 1250. The first-order valence-corrected chi connectivity index (χ1v) is 12.7. The Hall–Kier alpha value is -3.45. The van der Waals surface area contributed by atoms with E-state index in [4.69, 9.17) is 4.74 Å². The minimum atomic E-state index is -0.943. The summed E-state index contributed by atoms with van der Waals surface area (Å²) in [5.41, 5.74) is 0.550. The summed E-state index contributed by atoms with van der Waals surface area (Å²) in [6.45, 7) is 1.01. The number of carbonyl (C=O) groups is 2. The van der Waals surface area contributed by atoms with Gasteiger partial charge in [0.1, 0.15) is 5.75 Å². The third kappa shape index (κ3) is 4.80. The zero-order chi connectivity index (χ0) is 25.2. The number of pyridine rings is 1. The number of amides is 2. The van der Waals surface area contributed by atoms with Crippen molar-refractivity contribution in [3.8, 4) is 5.75 Å². The standard InChI is InChI=1S/C29H33N3O4/c1-36-25-9-8-21(23-6-2-3-7-24(23)25)19-28(12-10-26(33)31-28)13-11-27(34)32-17-14-29(35,15-18-32)22-5-4-16-30-20-22/h2-9,16,20,35H,10-15,17-19H2,1H3,(H,31,33). The van der Waals surface area contributed by atoms with Gasteiger partial charge >= 0.3 is 0 Å². The van der Waals surface area contributed by atoms with Gasteiger partial charge < -0.3 is 20.1 Å². The lowest BCUT2D eigenvalue weighted by molar-refractivity contribution is -0.136. The zero-order valence-electron chi connectivity index (χ0n) is 20.7. The van der Waals surface area contributed by atoms with Crippen LogP contribution in [0.5, 0.6) is 5.75 Å². The van der Waals surface area contributed by atoms with Gasteiger partial charge in [0.25, 0.3) is 0 Å². The van der Waals surface area contributed by atoms with Gasteiger partial charge in [0, 0.05) is 54.8 Å². The van der Waals surface area contributed by atoms with Crippen LogP contribution in [0.1, 0.15) is 49.7 Å². The van der Waals surface area contributed by atoms with Crippen LogP contribution < -0.4 is 10.1 Å². The van der Waals surface area contributed by atoms with E-state index in [1.165, 1.54) is 0 Å². The molecular weight excluding hydrogens is 454 g/mol. The molecule has 0 bridgehead atoms. The van der Waals surface area contributed by atoms with E-state index in [2.05, 4.69) is 22.4 Å². The molecule has 5 rings (SSSR count). The molecule has 1 atom stereocenters. The molecule has 2 N–H and O–H groups in total. The van der Waals surface area contributed by atoms with Gasteiger partial charge in [-0.3, -0.25) is 14.6 Å². The summed E-state index contributed by atoms with van der Waals surface area (Å²) in [4.78, 5) is 31.5. The molecule has 0 spiro atoms. The van der Waals surface area contributed by atoms with Gasteiger partial charge in [0.05, 0.1) is 12.7 Å². The minimum absolute atomic E-state index is 0.0415. The predicted octanol–water partition coefficient (Wildman–Crippen LogP) is 3.73. The monoisotopic (exact) mass is 487 g/mol. The normalized spacial score (nSPS) is 21.4. The van der Waals surface area contributed by atoms with Crippen molar-refractivity contribution in [1.82, 2.24) is 15.2 Å². The summed E-state index contributed by atoms with van der Waals surface area (Å²) < 4.78 is 5.54. The van der Waals surface area contributed by atoms with Crippen molar-refractivity contribution in [3.63, 3.8) is 0 Å². The summed E-state index contributed by atoms with van der Waals surface area (Å²) in [7, 11) is 1.67. The summed E-state index contributed by atoms with van der Waals surface area (Å²) in [5, 5.41) is 16.4. The number of ether oxygens (including phenoxy) is 1. The van der Waals surface area contributed by atoms with E-state index < -0.39 is 11.1 Å². The smallest absolute Gasteiger partial charge is 0.222 e. The van der Waals surface area contributed by atoms with Gasteiger partial charge in [-0.05, 0) is 55.2 Å². The average Bonchev–Trinajstić information content (AvgIpc) is 3.28. The first-order valence-electron chi connectivity index (χ1n) is 12.7. The van der Waals surface area contributed by atoms with E-state index in [9.17, 15) is 14.7 Å². The molecule has 1 unspecified atom stereocenters. The topological polar surface area (TPSA) is 91.8 Å². The minimum Gasteiger partial charge on any atom is -0.496 e. The number of rotatable bonds is 7. The van der Waals surface area contributed by atoms with Gasteiger partial charge in [-0.25, -0.2) is 0 Å². The lowest BCUT2D eigenvalue weighted by Gasteiger charge is -2.39. The number of aromatic nitrogens is 1. The van der Waals surface area contributed by atoms with Gasteiger partial charge in [-0.1, -0.05) is 36.4 Å². The number of likely N-dealkylation sites (tertiary alicyclic amines) is 1. The second-order valence-corrected chi connectivity index (χ2v) is 10.1. The fourth-order valence-corrected chi connectivity index (χ4v) is 5.77. The number of nitrogens with one attached hydrogen (secondary N) is 1. The van der Waals surface area contributed by atoms with Gasteiger partial charge in [0.2, 0.25) is 11.8 Å². The van der Waals surface area contributed by atoms with Crippen LogP contribution in [-0.2, 0) is 21.6 Å². The number of piperidine rings is 1. The Balaban J connectivity index is 1.27. The molecule has 3 aromatic rings. The molecule has 0 radical (unpaired) electrons. The quantitative estimate of drug-likeness (QED) is 0.530. The fraction of sp³-hybridized carbons (Fsp3) is 0.414. The van der Waals surface area contributed by atoms with Crippen LogP contribution in [0, 0.1) is 0 Å². The molecule has 1 aromatic heterocycles.